The molecule has 0 heterocycles. The Balaban J connectivity index is 3.19. The van der Waals surface area contributed by atoms with Gasteiger partial charge in [-0.2, -0.15) is 0 Å². The Bertz CT molecular complexity index is 636. The zero-order valence-electron chi connectivity index (χ0n) is 13.8. The number of carboxylic acids is 1. The van der Waals surface area contributed by atoms with E-state index in [0.29, 0.717) is 11.5 Å². The van der Waals surface area contributed by atoms with E-state index in [1.165, 1.54) is 32.4 Å². The number of hydrogen-bond donors (Lipinski definition) is 1. The lowest BCUT2D eigenvalue weighted by atomic mass is 10.1. The molecule has 134 valence electrons. The summed E-state index contributed by atoms with van der Waals surface area (Å²) in [4.78, 5) is 11.4. The highest BCUT2D eigenvalue weighted by molar-refractivity contribution is 7.48. The Morgan fingerprint density at radius 1 is 1.12 bits per heavy atom. The quantitative estimate of drug-likeness (QED) is 0.384. The van der Waals surface area contributed by atoms with Crippen LogP contribution >= 0.6 is 7.82 Å². The Morgan fingerprint density at radius 3 is 2.17 bits per heavy atom. The Kier molecular flexibility index (Phi) is 7.70. The molecule has 0 aliphatic carbocycles. The van der Waals surface area contributed by atoms with Gasteiger partial charge in [0, 0.05) is 5.56 Å². The van der Waals surface area contributed by atoms with Gasteiger partial charge in [0.25, 0.3) is 0 Å². The van der Waals surface area contributed by atoms with Gasteiger partial charge in [-0.25, -0.2) is 9.36 Å². The molecule has 0 aliphatic heterocycles. The lowest BCUT2D eigenvalue weighted by Gasteiger charge is -2.14. The second kappa shape index (κ2) is 9.27. The topological polar surface area (TPSA) is 113 Å². The molecule has 0 radical (unpaired) electrons. The van der Waals surface area contributed by atoms with Crippen molar-refractivity contribution in [3.63, 3.8) is 0 Å². The van der Waals surface area contributed by atoms with Crippen LogP contribution in [0.15, 0.2) is 23.4 Å². The summed E-state index contributed by atoms with van der Waals surface area (Å²) in [6.45, 7) is 3.27. The SMILES string of the molecule is CCOP(=O)(OCC)O/N=C(\C(=O)O)c1ccc(OC)c(OC)c1. The van der Waals surface area contributed by atoms with Crippen molar-refractivity contribution < 1.29 is 37.6 Å². The maximum atomic E-state index is 12.2. The molecule has 0 amide bonds. The van der Waals surface area contributed by atoms with Crippen LogP contribution in [0, 0.1) is 0 Å². The minimum absolute atomic E-state index is 0.0472. The lowest BCUT2D eigenvalue weighted by molar-refractivity contribution is -0.129. The van der Waals surface area contributed by atoms with E-state index < -0.39 is 19.5 Å². The molecule has 1 rings (SSSR count). The maximum Gasteiger partial charge on any atom is 0.550 e. The molecule has 1 aromatic rings. The standard InChI is InChI=1S/C14H20NO8P/c1-5-21-24(18,22-6-2)23-15-13(14(16)17)10-7-8-11(19-3)12(9-10)20-4/h7-9H,5-6H2,1-4H3,(H,16,17)/b15-13-. The smallest absolute Gasteiger partial charge is 0.493 e. The molecule has 24 heavy (non-hydrogen) atoms. The van der Waals surface area contributed by atoms with Crippen LogP contribution in [0.2, 0.25) is 0 Å². The molecular formula is C14H20NO8P. The number of rotatable bonds is 10. The minimum atomic E-state index is -3.97. The molecule has 1 N–H and O–H groups in total. The summed E-state index contributed by atoms with van der Waals surface area (Å²) < 4.78 is 36.9. The predicted octanol–water partition coefficient (Wildman–Crippen LogP) is 2.69. The molecule has 0 fully saturated rings. The first-order valence-electron chi connectivity index (χ1n) is 7.02. The minimum Gasteiger partial charge on any atom is -0.493 e. The maximum absolute atomic E-state index is 12.2. The van der Waals surface area contributed by atoms with E-state index in [1.807, 2.05) is 0 Å². The molecule has 0 atom stereocenters. The third-order valence-corrected chi connectivity index (χ3v) is 4.10. The van der Waals surface area contributed by atoms with Gasteiger partial charge in [-0.15, -0.1) is 0 Å². The number of phosphoric ester groups is 1. The fraction of sp³-hybridized carbons (Fsp3) is 0.429. The second-order valence-corrected chi connectivity index (χ2v) is 5.75. The Labute approximate surface area is 139 Å². The number of phosphoric acid groups is 1. The zero-order valence-corrected chi connectivity index (χ0v) is 14.7. The first kappa shape index (κ1) is 20.0. The fourth-order valence-corrected chi connectivity index (χ4v) is 2.67. The fourth-order valence-electron chi connectivity index (χ4n) is 1.69. The number of hydrogen-bond acceptors (Lipinski definition) is 8. The number of methoxy groups -OCH3 is 2. The predicted molar refractivity (Wildman–Crippen MR) is 85.7 cm³/mol. The van der Waals surface area contributed by atoms with Crippen molar-refractivity contribution in [3.8, 4) is 11.5 Å². The second-order valence-electron chi connectivity index (χ2n) is 4.18. The van der Waals surface area contributed by atoms with Crippen molar-refractivity contribution >= 4 is 19.5 Å². The van der Waals surface area contributed by atoms with E-state index in [2.05, 4.69) is 5.16 Å². The van der Waals surface area contributed by atoms with Gasteiger partial charge in [0.05, 0.1) is 27.4 Å². The normalized spacial score (nSPS) is 11.9. The van der Waals surface area contributed by atoms with Crippen molar-refractivity contribution in [3.05, 3.63) is 23.8 Å². The van der Waals surface area contributed by atoms with Crippen LogP contribution in [0.5, 0.6) is 11.5 Å². The van der Waals surface area contributed by atoms with Crippen LogP contribution in [0.1, 0.15) is 19.4 Å². The van der Waals surface area contributed by atoms with Crippen LogP contribution in [-0.2, 0) is 23.0 Å². The van der Waals surface area contributed by atoms with E-state index in [0.717, 1.165) is 0 Å². The highest BCUT2D eigenvalue weighted by Gasteiger charge is 2.28. The van der Waals surface area contributed by atoms with Gasteiger partial charge in [0.15, 0.2) is 17.2 Å². The van der Waals surface area contributed by atoms with Crippen LogP contribution in [-0.4, -0.2) is 44.2 Å². The monoisotopic (exact) mass is 361 g/mol. The molecule has 9 nitrogen and oxygen atoms in total. The van der Waals surface area contributed by atoms with E-state index in [9.17, 15) is 14.5 Å². The molecule has 0 aromatic heterocycles. The number of benzene rings is 1. The first-order chi connectivity index (χ1) is 11.4. The Hall–Kier alpha value is -2.09. The Morgan fingerprint density at radius 2 is 1.71 bits per heavy atom. The van der Waals surface area contributed by atoms with Crippen molar-refractivity contribution in [1.82, 2.24) is 0 Å². The molecule has 0 saturated carbocycles. The molecule has 0 bridgehead atoms. The van der Waals surface area contributed by atoms with Gasteiger partial charge in [-0.1, -0.05) is 5.16 Å². The van der Waals surface area contributed by atoms with Gasteiger partial charge < -0.3 is 14.6 Å². The van der Waals surface area contributed by atoms with E-state index in [1.54, 1.807) is 13.8 Å². The summed E-state index contributed by atoms with van der Waals surface area (Å²) in [6.07, 6.45) is 0. The number of ether oxygens (including phenoxy) is 2. The highest BCUT2D eigenvalue weighted by Crippen LogP contribution is 2.49. The van der Waals surface area contributed by atoms with E-state index >= 15 is 0 Å². The summed E-state index contributed by atoms with van der Waals surface area (Å²) in [6, 6.07) is 4.36. The third kappa shape index (κ3) is 5.23. The molecule has 0 saturated heterocycles. The van der Waals surface area contributed by atoms with Crippen LogP contribution < -0.4 is 9.47 Å². The number of carboxylic acid groups (broad SMARTS) is 1. The molecule has 0 aliphatic rings. The number of nitrogens with zero attached hydrogens (tertiary/aromatic N) is 1. The first-order valence-corrected chi connectivity index (χ1v) is 8.48. The van der Waals surface area contributed by atoms with E-state index in [-0.39, 0.29) is 18.8 Å². The van der Waals surface area contributed by atoms with Gasteiger partial charge in [-0.05, 0) is 32.0 Å². The molecule has 1 aromatic carbocycles. The number of carbonyl (C=O) groups is 1. The number of aliphatic carboxylic acids is 1. The summed E-state index contributed by atoms with van der Waals surface area (Å²) in [7, 11) is -1.11. The molecule has 10 heteroatoms. The van der Waals surface area contributed by atoms with Crippen molar-refractivity contribution in [2.24, 2.45) is 5.16 Å². The van der Waals surface area contributed by atoms with Crippen LogP contribution in [0.25, 0.3) is 0 Å². The van der Waals surface area contributed by atoms with Crippen molar-refractivity contribution in [1.29, 1.82) is 0 Å². The van der Waals surface area contributed by atoms with Gasteiger partial charge in [0.1, 0.15) is 0 Å². The van der Waals surface area contributed by atoms with Crippen LogP contribution in [0.3, 0.4) is 0 Å². The van der Waals surface area contributed by atoms with Crippen molar-refractivity contribution in [2.75, 3.05) is 27.4 Å². The van der Waals surface area contributed by atoms with Crippen molar-refractivity contribution in [2.45, 2.75) is 13.8 Å². The van der Waals surface area contributed by atoms with Gasteiger partial charge in [-0.3, -0.25) is 13.7 Å². The lowest BCUT2D eigenvalue weighted by Crippen LogP contribution is -2.15. The summed E-state index contributed by atoms with van der Waals surface area (Å²) in [5.74, 6) is -0.662. The summed E-state index contributed by atoms with van der Waals surface area (Å²) in [5.41, 5.74) is -0.324. The van der Waals surface area contributed by atoms with Gasteiger partial charge in [0.2, 0.25) is 0 Å². The van der Waals surface area contributed by atoms with E-state index in [4.69, 9.17) is 23.1 Å². The average Bonchev–Trinajstić information content (AvgIpc) is 2.54. The summed E-state index contributed by atoms with van der Waals surface area (Å²) in [5, 5.41) is 12.8. The third-order valence-electron chi connectivity index (χ3n) is 2.67. The number of oxime groups is 1. The highest BCUT2D eigenvalue weighted by atomic mass is 31.2. The van der Waals surface area contributed by atoms with Crippen LogP contribution in [0.4, 0.5) is 0 Å². The average molecular weight is 361 g/mol. The summed E-state index contributed by atoms with van der Waals surface area (Å²) >= 11 is 0. The molecule has 0 spiro atoms. The molecule has 0 unspecified atom stereocenters. The zero-order chi connectivity index (χ0) is 18.2. The molecular weight excluding hydrogens is 341 g/mol. The largest absolute Gasteiger partial charge is 0.550 e. The van der Waals surface area contributed by atoms with Gasteiger partial charge >= 0.3 is 13.8 Å².